The number of rotatable bonds is 8. The van der Waals surface area contributed by atoms with Gasteiger partial charge < -0.3 is 16.4 Å². The van der Waals surface area contributed by atoms with Gasteiger partial charge in [-0.05, 0) is 23.8 Å². The lowest BCUT2D eigenvalue weighted by Crippen LogP contribution is -2.29. The highest BCUT2D eigenvalue weighted by molar-refractivity contribution is 7.98. The SMILES string of the molecule is CSCC(C)CNC(=O)c1sc(NCC(C)C)nc1N. The summed E-state index contributed by atoms with van der Waals surface area (Å²) in [5.74, 6) is 2.16. The highest BCUT2D eigenvalue weighted by atomic mass is 32.2. The van der Waals surface area contributed by atoms with E-state index in [0.29, 0.717) is 34.2 Å². The first-order valence-corrected chi connectivity index (χ1v) is 8.92. The number of hydrogen-bond acceptors (Lipinski definition) is 6. The molecule has 4 N–H and O–H groups in total. The summed E-state index contributed by atoms with van der Waals surface area (Å²) in [6, 6.07) is 0. The van der Waals surface area contributed by atoms with E-state index < -0.39 is 0 Å². The molecule has 0 spiro atoms. The van der Waals surface area contributed by atoms with Gasteiger partial charge in [0.25, 0.3) is 5.91 Å². The van der Waals surface area contributed by atoms with Crippen molar-refractivity contribution in [2.24, 2.45) is 11.8 Å². The van der Waals surface area contributed by atoms with E-state index in [0.717, 1.165) is 12.3 Å². The fourth-order valence-corrected chi connectivity index (χ4v) is 3.05. The summed E-state index contributed by atoms with van der Waals surface area (Å²) in [7, 11) is 0. The van der Waals surface area contributed by atoms with Crippen LogP contribution in [-0.2, 0) is 0 Å². The number of carbonyl (C=O) groups is 1. The Hall–Kier alpha value is -0.950. The van der Waals surface area contributed by atoms with Crippen LogP contribution in [0.4, 0.5) is 10.9 Å². The van der Waals surface area contributed by atoms with Crippen molar-refractivity contribution in [2.45, 2.75) is 20.8 Å². The van der Waals surface area contributed by atoms with Crippen molar-refractivity contribution >= 4 is 40.0 Å². The topological polar surface area (TPSA) is 80.0 Å². The highest BCUT2D eigenvalue weighted by Crippen LogP contribution is 2.25. The Bertz CT molecular complexity index is 434. The van der Waals surface area contributed by atoms with Gasteiger partial charge in [-0.3, -0.25) is 4.79 Å². The zero-order valence-electron chi connectivity index (χ0n) is 12.5. The smallest absolute Gasteiger partial charge is 0.265 e. The molecule has 7 heteroatoms. The van der Waals surface area contributed by atoms with Crippen LogP contribution >= 0.6 is 23.1 Å². The Labute approximate surface area is 129 Å². The first kappa shape index (κ1) is 17.1. The zero-order valence-corrected chi connectivity index (χ0v) is 14.2. The summed E-state index contributed by atoms with van der Waals surface area (Å²) in [5, 5.41) is 6.81. The molecule has 0 fully saturated rings. The molecule has 0 saturated heterocycles. The van der Waals surface area contributed by atoms with Gasteiger partial charge in [0.1, 0.15) is 10.7 Å². The molecule has 1 aromatic heterocycles. The standard InChI is InChI=1S/C13H24N4OS2/c1-8(2)5-16-13-17-11(14)10(20-13)12(18)15-6-9(3)7-19-4/h8-9H,5-7,14H2,1-4H3,(H,15,18)(H,16,17). The van der Waals surface area contributed by atoms with Crippen molar-refractivity contribution in [3.05, 3.63) is 4.88 Å². The highest BCUT2D eigenvalue weighted by Gasteiger charge is 2.16. The van der Waals surface area contributed by atoms with Crippen LogP contribution in [0.3, 0.4) is 0 Å². The molecule has 0 saturated carbocycles. The molecule has 5 nitrogen and oxygen atoms in total. The van der Waals surface area contributed by atoms with Crippen LogP contribution in [-0.4, -0.2) is 36.0 Å². The van der Waals surface area contributed by atoms with E-state index in [-0.39, 0.29) is 5.91 Å². The number of thioether (sulfide) groups is 1. The maximum atomic E-state index is 12.1. The Morgan fingerprint density at radius 2 is 2.10 bits per heavy atom. The third kappa shape index (κ3) is 5.58. The molecule has 1 aromatic rings. The van der Waals surface area contributed by atoms with Crippen LogP contribution in [0, 0.1) is 11.8 Å². The van der Waals surface area contributed by atoms with E-state index in [1.165, 1.54) is 11.3 Å². The number of anilines is 2. The van der Waals surface area contributed by atoms with E-state index >= 15 is 0 Å². The largest absolute Gasteiger partial charge is 0.382 e. The third-order valence-corrected chi connectivity index (χ3v) is 4.51. The van der Waals surface area contributed by atoms with E-state index in [2.05, 4.69) is 42.6 Å². The molecule has 0 aliphatic carbocycles. The summed E-state index contributed by atoms with van der Waals surface area (Å²) in [5.41, 5.74) is 5.81. The number of aromatic nitrogens is 1. The summed E-state index contributed by atoms with van der Waals surface area (Å²) in [4.78, 5) is 16.8. The molecule has 1 amide bonds. The second-order valence-corrected chi connectivity index (χ2v) is 7.19. The van der Waals surface area contributed by atoms with E-state index in [9.17, 15) is 4.79 Å². The maximum Gasteiger partial charge on any atom is 0.265 e. The molecule has 0 aliphatic rings. The monoisotopic (exact) mass is 316 g/mol. The quantitative estimate of drug-likeness (QED) is 0.687. The minimum absolute atomic E-state index is 0.134. The fraction of sp³-hybridized carbons (Fsp3) is 0.692. The first-order chi connectivity index (χ1) is 9.43. The van der Waals surface area contributed by atoms with Crippen LogP contribution in [0.15, 0.2) is 0 Å². The lowest BCUT2D eigenvalue weighted by atomic mass is 10.2. The number of nitrogens with zero attached hydrogens (tertiary/aromatic N) is 1. The van der Waals surface area contributed by atoms with Crippen molar-refractivity contribution in [1.82, 2.24) is 10.3 Å². The van der Waals surface area contributed by atoms with Gasteiger partial charge in [0.2, 0.25) is 0 Å². The lowest BCUT2D eigenvalue weighted by molar-refractivity contribution is 0.0954. The van der Waals surface area contributed by atoms with Gasteiger partial charge in [0.15, 0.2) is 5.13 Å². The normalized spacial score (nSPS) is 12.4. The molecule has 0 bridgehead atoms. The van der Waals surface area contributed by atoms with Gasteiger partial charge >= 0.3 is 0 Å². The predicted molar refractivity (Wildman–Crippen MR) is 89.7 cm³/mol. The van der Waals surface area contributed by atoms with Gasteiger partial charge in [-0.15, -0.1) is 0 Å². The van der Waals surface area contributed by atoms with Gasteiger partial charge in [0, 0.05) is 13.1 Å². The minimum atomic E-state index is -0.134. The number of hydrogen-bond donors (Lipinski definition) is 3. The molecule has 1 atom stereocenters. The summed E-state index contributed by atoms with van der Waals surface area (Å²) in [6.45, 7) is 7.82. The van der Waals surface area contributed by atoms with Gasteiger partial charge in [-0.25, -0.2) is 4.98 Å². The molecule has 20 heavy (non-hydrogen) atoms. The number of nitrogens with one attached hydrogen (secondary N) is 2. The number of nitrogens with two attached hydrogens (primary N) is 1. The zero-order chi connectivity index (χ0) is 15.1. The van der Waals surface area contributed by atoms with Crippen LogP contribution in [0.5, 0.6) is 0 Å². The number of carbonyl (C=O) groups excluding carboxylic acids is 1. The van der Waals surface area contributed by atoms with E-state index in [1.807, 2.05) is 0 Å². The summed E-state index contributed by atoms with van der Waals surface area (Å²) in [6.07, 6.45) is 2.06. The van der Waals surface area contributed by atoms with Crippen LogP contribution in [0.25, 0.3) is 0 Å². The van der Waals surface area contributed by atoms with Crippen LogP contribution in [0.1, 0.15) is 30.4 Å². The molecule has 0 aromatic carbocycles. The van der Waals surface area contributed by atoms with Gasteiger partial charge in [-0.2, -0.15) is 11.8 Å². The molecule has 1 heterocycles. The molecule has 0 radical (unpaired) electrons. The second kappa shape index (κ2) is 8.36. The number of amides is 1. The van der Waals surface area contributed by atoms with Crippen molar-refractivity contribution in [2.75, 3.05) is 36.1 Å². The number of nitrogen functional groups attached to an aromatic ring is 1. The van der Waals surface area contributed by atoms with Crippen LogP contribution in [0.2, 0.25) is 0 Å². The Balaban J connectivity index is 2.55. The predicted octanol–water partition coefficient (Wildman–Crippen LogP) is 2.52. The van der Waals surface area contributed by atoms with Gasteiger partial charge in [0.05, 0.1) is 0 Å². The molecule has 0 aliphatic heterocycles. The number of thiazole rings is 1. The molecular weight excluding hydrogens is 292 g/mol. The minimum Gasteiger partial charge on any atom is -0.382 e. The fourth-order valence-electron chi connectivity index (χ4n) is 1.55. The summed E-state index contributed by atoms with van der Waals surface area (Å²) < 4.78 is 0. The molecule has 114 valence electrons. The molecular formula is C13H24N4OS2. The van der Waals surface area contributed by atoms with E-state index in [4.69, 9.17) is 5.73 Å². The first-order valence-electron chi connectivity index (χ1n) is 6.71. The molecule has 1 rings (SSSR count). The lowest BCUT2D eigenvalue weighted by Gasteiger charge is -2.10. The average Bonchev–Trinajstić information content (AvgIpc) is 2.75. The maximum absolute atomic E-state index is 12.1. The Kier molecular flexibility index (Phi) is 7.15. The average molecular weight is 316 g/mol. The van der Waals surface area contributed by atoms with Gasteiger partial charge in [-0.1, -0.05) is 32.1 Å². The van der Waals surface area contributed by atoms with Crippen molar-refractivity contribution in [3.63, 3.8) is 0 Å². The van der Waals surface area contributed by atoms with Crippen molar-refractivity contribution in [3.8, 4) is 0 Å². The molecule has 1 unspecified atom stereocenters. The van der Waals surface area contributed by atoms with E-state index in [1.54, 1.807) is 11.8 Å². The summed E-state index contributed by atoms with van der Waals surface area (Å²) >= 11 is 3.09. The second-order valence-electron chi connectivity index (χ2n) is 5.28. The van der Waals surface area contributed by atoms with Crippen LogP contribution < -0.4 is 16.4 Å². The third-order valence-electron chi connectivity index (χ3n) is 2.58. The van der Waals surface area contributed by atoms with Crippen molar-refractivity contribution < 1.29 is 4.79 Å². The Morgan fingerprint density at radius 3 is 2.70 bits per heavy atom. The van der Waals surface area contributed by atoms with Crippen molar-refractivity contribution in [1.29, 1.82) is 0 Å². The Morgan fingerprint density at radius 1 is 1.40 bits per heavy atom.